The van der Waals surface area contributed by atoms with Crippen LogP contribution in [0.15, 0.2) is 48.5 Å². The highest BCUT2D eigenvalue weighted by atomic mass is 16.3. The van der Waals surface area contributed by atoms with Gasteiger partial charge in [0.25, 0.3) is 0 Å². The molecule has 0 aliphatic rings. The van der Waals surface area contributed by atoms with Crippen LogP contribution in [0.2, 0.25) is 0 Å². The molecule has 2 aromatic carbocycles. The number of hydrogen-bond acceptors (Lipinski definition) is 7. The smallest absolute Gasteiger partial charge is 0.0943 e. The third-order valence-corrected chi connectivity index (χ3v) is 4.47. The van der Waals surface area contributed by atoms with Crippen LogP contribution in [0.25, 0.3) is 0 Å². The van der Waals surface area contributed by atoms with Gasteiger partial charge in [-0.25, -0.2) is 0 Å². The van der Waals surface area contributed by atoms with Crippen LogP contribution in [0, 0.1) is 0 Å². The number of nitrogen functional groups attached to an aromatic ring is 2. The first kappa shape index (κ1) is 19.8. The van der Waals surface area contributed by atoms with Crippen LogP contribution in [-0.2, 0) is 0 Å². The van der Waals surface area contributed by atoms with Gasteiger partial charge in [-0.15, -0.1) is 0 Å². The van der Waals surface area contributed by atoms with Gasteiger partial charge in [0.1, 0.15) is 0 Å². The molecule has 0 bridgehead atoms. The average Bonchev–Trinajstić information content (AvgIpc) is 2.63. The summed E-state index contributed by atoms with van der Waals surface area (Å²) < 4.78 is 0. The normalized spacial score (nSPS) is 12.6. The second kappa shape index (κ2) is 9.28. The van der Waals surface area contributed by atoms with Gasteiger partial charge in [-0.2, -0.15) is 0 Å². The van der Waals surface area contributed by atoms with Gasteiger partial charge in [0.2, 0.25) is 0 Å². The minimum atomic E-state index is -0.888. The minimum absolute atomic E-state index is 0.124. The van der Waals surface area contributed by atoms with Gasteiger partial charge in [-0.05, 0) is 61.4 Å². The van der Waals surface area contributed by atoms with Crippen molar-refractivity contribution in [2.24, 2.45) is 0 Å². The lowest BCUT2D eigenvalue weighted by Gasteiger charge is -2.39. The van der Waals surface area contributed by atoms with Gasteiger partial charge in [-0.3, -0.25) is 0 Å². The summed E-state index contributed by atoms with van der Waals surface area (Å²) in [6.45, 7) is -0.00625. The molecule has 0 saturated heterocycles. The summed E-state index contributed by atoms with van der Waals surface area (Å²) in [5, 5.41) is 36.4. The Morgan fingerprint density at radius 3 is 1.73 bits per heavy atom. The highest BCUT2D eigenvalue weighted by Crippen LogP contribution is 2.27. The Kier molecular flexibility index (Phi) is 7.08. The monoisotopic (exact) mass is 360 g/mol. The molecule has 9 N–H and O–H groups in total. The van der Waals surface area contributed by atoms with Crippen molar-refractivity contribution in [1.82, 2.24) is 0 Å². The van der Waals surface area contributed by atoms with Crippen molar-refractivity contribution in [3.63, 3.8) is 0 Å². The van der Waals surface area contributed by atoms with E-state index < -0.39 is 11.6 Å². The minimum Gasteiger partial charge on any atom is -0.399 e. The number of aliphatic hydroxyl groups excluding tert-OH is 3. The maximum atomic E-state index is 10.9. The number of nitrogens with two attached hydrogens (primary N) is 2. The maximum Gasteiger partial charge on any atom is 0.0943 e. The Morgan fingerprint density at radius 2 is 1.27 bits per heavy atom. The molecule has 0 amide bonds. The van der Waals surface area contributed by atoms with E-state index in [0.29, 0.717) is 11.4 Å². The fourth-order valence-electron chi connectivity index (χ4n) is 2.93. The Morgan fingerprint density at radius 1 is 0.808 bits per heavy atom. The molecule has 7 nitrogen and oxygen atoms in total. The van der Waals surface area contributed by atoms with Crippen molar-refractivity contribution in [2.75, 3.05) is 41.9 Å². The molecule has 0 aliphatic carbocycles. The summed E-state index contributed by atoms with van der Waals surface area (Å²) in [5.41, 5.74) is 13.4. The van der Waals surface area contributed by atoms with Crippen LogP contribution in [-0.4, -0.2) is 46.7 Å². The number of nitrogens with one attached hydrogen (secondary N) is 2. The fourth-order valence-corrected chi connectivity index (χ4v) is 2.93. The van der Waals surface area contributed by atoms with E-state index in [0.717, 1.165) is 11.4 Å². The van der Waals surface area contributed by atoms with Gasteiger partial charge >= 0.3 is 0 Å². The Balaban J connectivity index is 2.14. The molecule has 0 saturated carbocycles. The quantitative estimate of drug-likeness (QED) is 0.317. The van der Waals surface area contributed by atoms with E-state index in [4.69, 9.17) is 11.5 Å². The Bertz CT molecular complexity index is 655. The van der Waals surface area contributed by atoms with E-state index in [1.807, 2.05) is 12.1 Å². The van der Waals surface area contributed by atoms with E-state index in [1.165, 1.54) is 0 Å². The predicted octanol–water partition coefficient (Wildman–Crippen LogP) is 1.24. The highest BCUT2D eigenvalue weighted by Gasteiger charge is 2.37. The maximum absolute atomic E-state index is 10.9. The first-order valence-corrected chi connectivity index (χ1v) is 8.62. The summed E-state index contributed by atoms with van der Waals surface area (Å²) in [5.74, 6) is 0. The molecule has 0 heterocycles. The number of hydrogen-bond donors (Lipinski definition) is 7. The van der Waals surface area contributed by atoms with Gasteiger partial charge in [0.15, 0.2) is 0 Å². The van der Waals surface area contributed by atoms with Crippen LogP contribution in [0.4, 0.5) is 22.7 Å². The number of aliphatic hydroxyl groups is 3. The Labute approximate surface area is 153 Å². The zero-order valence-corrected chi connectivity index (χ0v) is 14.7. The molecule has 2 aromatic rings. The van der Waals surface area contributed by atoms with Gasteiger partial charge in [0.05, 0.1) is 11.6 Å². The molecule has 142 valence electrons. The van der Waals surface area contributed by atoms with Gasteiger partial charge in [-0.1, -0.05) is 0 Å². The van der Waals surface area contributed by atoms with Crippen LogP contribution in [0.5, 0.6) is 0 Å². The van der Waals surface area contributed by atoms with E-state index in [9.17, 15) is 15.3 Å². The van der Waals surface area contributed by atoms with E-state index >= 15 is 0 Å². The lowest BCUT2D eigenvalue weighted by molar-refractivity contribution is 0.0699. The molecule has 0 spiro atoms. The summed E-state index contributed by atoms with van der Waals surface area (Å²) in [4.78, 5) is 0. The van der Waals surface area contributed by atoms with Crippen LogP contribution in [0.3, 0.4) is 0 Å². The predicted molar refractivity (Wildman–Crippen MR) is 106 cm³/mol. The molecular weight excluding hydrogens is 332 g/mol. The lowest BCUT2D eigenvalue weighted by Crippen LogP contribution is -2.53. The lowest BCUT2D eigenvalue weighted by atomic mass is 9.84. The van der Waals surface area contributed by atoms with Crippen LogP contribution in [0.1, 0.15) is 12.8 Å². The van der Waals surface area contributed by atoms with Gasteiger partial charge < -0.3 is 37.4 Å². The summed E-state index contributed by atoms with van der Waals surface area (Å²) >= 11 is 0. The van der Waals surface area contributed by atoms with Crippen molar-refractivity contribution >= 4 is 22.7 Å². The van der Waals surface area contributed by atoms with Crippen molar-refractivity contribution in [3.8, 4) is 0 Å². The topological polar surface area (TPSA) is 137 Å². The van der Waals surface area contributed by atoms with Crippen molar-refractivity contribution in [2.45, 2.75) is 24.5 Å². The zero-order valence-electron chi connectivity index (χ0n) is 14.7. The molecule has 2 rings (SSSR count). The molecule has 0 aromatic heterocycles. The molecule has 0 radical (unpaired) electrons. The molecule has 26 heavy (non-hydrogen) atoms. The molecular formula is C19H28N4O3. The van der Waals surface area contributed by atoms with Crippen molar-refractivity contribution in [3.05, 3.63) is 48.5 Å². The molecule has 0 fully saturated rings. The first-order chi connectivity index (χ1) is 12.5. The molecule has 7 heteroatoms. The van der Waals surface area contributed by atoms with Crippen LogP contribution >= 0.6 is 0 Å². The van der Waals surface area contributed by atoms with E-state index in [1.54, 1.807) is 36.4 Å². The summed E-state index contributed by atoms with van der Waals surface area (Å²) in [6, 6.07) is 14.3. The highest BCUT2D eigenvalue weighted by molar-refractivity contribution is 5.54. The number of anilines is 4. The summed E-state index contributed by atoms with van der Waals surface area (Å²) in [6.07, 6.45) is -0.303. The second-order valence-corrected chi connectivity index (χ2v) is 6.37. The van der Waals surface area contributed by atoms with Crippen molar-refractivity contribution in [1.29, 1.82) is 0 Å². The SMILES string of the molecule is Nc1ccc(NCC(O)C(CCO)(CCO)Nc2ccc(N)cc2)cc1. The average molecular weight is 360 g/mol. The second-order valence-electron chi connectivity index (χ2n) is 6.37. The van der Waals surface area contributed by atoms with Crippen LogP contribution < -0.4 is 22.1 Å². The number of benzene rings is 2. The third kappa shape index (κ3) is 5.26. The fraction of sp³-hybridized carbons (Fsp3) is 0.368. The molecule has 1 unspecified atom stereocenters. The largest absolute Gasteiger partial charge is 0.399 e. The van der Waals surface area contributed by atoms with E-state index in [2.05, 4.69) is 10.6 Å². The van der Waals surface area contributed by atoms with Crippen molar-refractivity contribution < 1.29 is 15.3 Å². The molecule has 0 aliphatic heterocycles. The van der Waals surface area contributed by atoms with E-state index in [-0.39, 0.29) is 32.6 Å². The first-order valence-electron chi connectivity index (χ1n) is 8.62. The zero-order chi connectivity index (χ0) is 19.0. The standard InChI is InChI=1S/C19H28N4O3/c20-14-1-5-16(6-2-14)22-13-18(26)19(9-11-24,10-12-25)23-17-7-3-15(21)4-8-17/h1-8,18,22-26H,9-13,20-21H2. The number of rotatable bonds is 10. The van der Waals surface area contributed by atoms with Gasteiger partial charge in [0, 0.05) is 42.5 Å². The Hall–Kier alpha value is -2.48. The summed E-state index contributed by atoms with van der Waals surface area (Å²) in [7, 11) is 0. The molecule has 1 atom stereocenters. The third-order valence-electron chi connectivity index (χ3n) is 4.47.